The number of hydrogen-bond donors (Lipinski definition) is 0. The molecule has 2 heteroatoms. The molecule has 0 saturated carbocycles. The highest BCUT2D eigenvalue weighted by molar-refractivity contribution is 7.08. The lowest BCUT2D eigenvalue weighted by molar-refractivity contribution is 1.77. The van der Waals surface area contributed by atoms with E-state index in [1.165, 1.54) is 5.56 Å². The zero-order chi connectivity index (χ0) is 8.32. The van der Waals surface area contributed by atoms with Crippen molar-refractivity contribution < 1.29 is 0 Å². The maximum absolute atomic E-state index is 2.37. The molecule has 60 valence electrons. The van der Waals surface area contributed by atoms with Crippen molar-refractivity contribution in [2.45, 2.75) is 19.6 Å². The third kappa shape index (κ3) is 3.53. The highest BCUT2D eigenvalue weighted by atomic mass is 32.1. The Morgan fingerprint density at radius 2 is 2.09 bits per heavy atom. The van der Waals surface area contributed by atoms with Gasteiger partial charge in [0, 0.05) is 0 Å². The molecule has 1 aromatic heterocycles. The maximum atomic E-state index is 2.37. The molecule has 0 saturated heterocycles. The SMILES string of the molecule is C[Si](C)(C)C=Cc1ccsc1. The number of hydrogen-bond acceptors (Lipinski definition) is 1. The van der Waals surface area contributed by atoms with Crippen LogP contribution in [0.4, 0.5) is 0 Å². The van der Waals surface area contributed by atoms with E-state index < -0.39 is 8.07 Å². The fraction of sp³-hybridized carbons (Fsp3) is 0.333. The minimum absolute atomic E-state index is 0.989. The van der Waals surface area contributed by atoms with Gasteiger partial charge in [-0.05, 0) is 22.4 Å². The van der Waals surface area contributed by atoms with Crippen LogP contribution >= 0.6 is 11.3 Å². The Hall–Kier alpha value is -0.343. The number of thiophene rings is 1. The molecule has 0 atom stereocenters. The highest BCUT2D eigenvalue weighted by Crippen LogP contribution is 2.10. The van der Waals surface area contributed by atoms with Gasteiger partial charge in [-0.3, -0.25) is 0 Å². The molecule has 0 nitrogen and oxygen atoms in total. The summed E-state index contributed by atoms with van der Waals surface area (Å²) in [6.45, 7) is 7.03. The Balaban J connectivity index is 2.63. The van der Waals surface area contributed by atoms with Crippen LogP contribution in [0.5, 0.6) is 0 Å². The van der Waals surface area contributed by atoms with Crippen molar-refractivity contribution in [1.82, 2.24) is 0 Å². The first-order chi connectivity index (χ1) is 5.08. The van der Waals surface area contributed by atoms with Crippen LogP contribution in [-0.4, -0.2) is 8.07 Å². The molecule has 11 heavy (non-hydrogen) atoms. The lowest BCUT2D eigenvalue weighted by atomic mass is 10.3. The van der Waals surface area contributed by atoms with Gasteiger partial charge < -0.3 is 0 Å². The monoisotopic (exact) mass is 182 g/mol. The molecule has 0 aliphatic heterocycles. The zero-order valence-electron chi connectivity index (χ0n) is 7.29. The topological polar surface area (TPSA) is 0 Å². The van der Waals surface area contributed by atoms with E-state index in [4.69, 9.17) is 0 Å². The van der Waals surface area contributed by atoms with Crippen LogP contribution in [0.15, 0.2) is 22.5 Å². The first-order valence-electron chi connectivity index (χ1n) is 3.79. The fourth-order valence-electron chi connectivity index (χ4n) is 0.716. The molecule has 1 aromatic rings. The van der Waals surface area contributed by atoms with E-state index in [1.54, 1.807) is 11.3 Å². The van der Waals surface area contributed by atoms with Gasteiger partial charge >= 0.3 is 0 Å². The Bertz CT molecular complexity index is 229. The Kier molecular flexibility index (Phi) is 2.68. The summed E-state index contributed by atoms with van der Waals surface area (Å²) in [6, 6.07) is 2.15. The van der Waals surface area contributed by atoms with E-state index in [0.29, 0.717) is 0 Å². The summed E-state index contributed by atoms with van der Waals surface area (Å²) >= 11 is 1.75. The van der Waals surface area contributed by atoms with Crippen molar-refractivity contribution in [2.75, 3.05) is 0 Å². The Morgan fingerprint density at radius 3 is 2.55 bits per heavy atom. The van der Waals surface area contributed by atoms with E-state index in [2.05, 4.69) is 48.2 Å². The maximum Gasteiger partial charge on any atom is 0.0687 e. The van der Waals surface area contributed by atoms with Crippen LogP contribution in [0.3, 0.4) is 0 Å². The van der Waals surface area contributed by atoms with Gasteiger partial charge in [-0.1, -0.05) is 31.4 Å². The smallest absolute Gasteiger partial charge is 0.0687 e. The van der Waals surface area contributed by atoms with Gasteiger partial charge in [0.05, 0.1) is 8.07 Å². The summed E-state index contributed by atoms with van der Waals surface area (Å²) in [6.07, 6.45) is 2.24. The van der Waals surface area contributed by atoms with Gasteiger partial charge in [0.1, 0.15) is 0 Å². The van der Waals surface area contributed by atoms with Crippen molar-refractivity contribution in [2.24, 2.45) is 0 Å². The second kappa shape index (κ2) is 3.37. The van der Waals surface area contributed by atoms with Gasteiger partial charge in [-0.2, -0.15) is 11.3 Å². The Labute approximate surface area is 73.6 Å². The van der Waals surface area contributed by atoms with Gasteiger partial charge in [-0.25, -0.2) is 0 Å². The van der Waals surface area contributed by atoms with Crippen molar-refractivity contribution in [3.8, 4) is 0 Å². The van der Waals surface area contributed by atoms with Crippen LogP contribution in [0.1, 0.15) is 5.56 Å². The predicted octanol–water partition coefficient (Wildman–Crippen LogP) is 3.64. The highest BCUT2D eigenvalue weighted by Gasteiger charge is 2.06. The van der Waals surface area contributed by atoms with Gasteiger partial charge in [-0.15, -0.1) is 0 Å². The van der Waals surface area contributed by atoms with Crippen molar-refractivity contribution in [3.63, 3.8) is 0 Å². The molecular formula is C9H14SSi. The fourth-order valence-corrected chi connectivity index (χ4v) is 2.04. The average Bonchev–Trinajstić information content (AvgIpc) is 2.32. The molecule has 0 aliphatic carbocycles. The van der Waals surface area contributed by atoms with Crippen LogP contribution in [0.2, 0.25) is 19.6 Å². The quantitative estimate of drug-likeness (QED) is 0.613. The minimum Gasteiger partial charge on any atom is -0.152 e. The van der Waals surface area contributed by atoms with E-state index in [-0.39, 0.29) is 0 Å². The van der Waals surface area contributed by atoms with Crippen LogP contribution < -0.4 is 0 Å². The third-order valence-electron chi connectivity index (χ3n) is 1.32. The molecule has 1 rings (SSSR count). The van der Waals surface area contributed by atoms with Crippen molar-refractivity contribution >= 4 is 25.5 Å². The number of rotatable bonds is 2. The zero-order valence-corrected chi connectivity index (χ0v) is 9.11. The van der Waals surface area contributed by atoms with E-state index in [1.807, 2.05) is 0 Å². The van der Waals surface area contributed by atoms with Crippen LogP contribution in [0, 0.1) is 0 Å². The van der Waals surface area contributed by atoms with Crippen molar-refractivity contribution in [3.05, 3.63) is 28.1 Å². The second-order valence-corrected chi connectivity index (χ2v) is 9.60. The summed E-state index contributed by atoms with van der Waals surface area (Å²) in [4.78, 5) is 0. The average molecular weight is 182 g/mol. The minimum atomic E-state index is -0.989. The summed E-state index contributed by atoms with van der Waals surface area (Å²) in [5, 5.41) is 4.29. The largest absolute Gasteiger partial charge is 0.152 e. The molecule has 0 spiro atoms. The van der Waals surface area contributed by atoms with E-state index in [9.17, 15) is 0 Å². The van der Waals surface area contributed by atoms with Crippen LogP contribution in [0.25, 0.3) is 6.08 Å². The molecule has 1 heterocycles. The molecule has 0 unspecified atom stereocenters. The molecule has 0 radical (unpaired) electrons. The normalized spacial score (nSPS) is 12.6. The summed E-state index contributed by atoms with van der Waals surface area (Å²) < 4.78 is 0. The lowest BCUT2D eigenvalue weighted by Crippen LogP contribution is -2.14. The molecule has 0 amide bonds. The van der Waals surface area contributed by atoms with E-state index in [0.717, 1.165) is 0 Å². The molecule has 0 bridgehead atoms. The van der Waals surface area contributed by atoms with Gasteiger partial charge in [0.15, 0.2) is 0 Å². The molecule has 0 fully saturated rings. The van der Waals surface area contributed by atoms with E-state index >= 15 is 0 Å². The van der Waals surface area contributed by atoms with Gasteiger partial charge in [0.25, 0.3) is 0 Å². The van der Waals surface area contributed by atoms with Gasteiger partial charge in [0.2, 0.25) is 0 Å². The summed E-state index contributed by atoms with van der Waals surface area (Å²) in [5.41, 5.74) is 3.71. The lowest BCUT2D eigenvalue weighted by Gasteiger charge is -2.07. The molecule has 0 N–H and O–H groups in total. The molecule has 0 aromatic carbocycles. The third-order valence-corrected chi connectivity index (χ3v) is 3.19. The standard InChI is InChI=1S/C9H14SSi/c1-11(2,3)7-5-9-4-6-10-8-9/h4-8H,1-3H3. The Morgan fingerprint density at radius 1 is 1.36 bits per heavy atom. The van der Waals surface area contributed by atoms with Crippen LogP contribution in [-0.2, 0) is 0 Å². The first-order valence-corrected chi connectivity index (χ1v) is 8.31. The predicted molar refractivity (Wildman–Crippen MR) is 56.7 cm³/mol. The first kappa shape index (κ1) is 8.75. The molecule has 0 aliphatic rings. The molecular weight excluding hydrogens is 168 g/mol. The summed E-state index contributed by atoms with van der Waals surface area (Å²) in [5.74, 6) is 0. The second-order valence-electron chi connectivity index (χ2n) is 3.76. The van der Waals surface area contributed by atoms with Crippen molar-refractivity contribution in [1.29, 1.82) is 0 Å². The summed E-state index contributed by atoms with van der Waals surface area (Å²) in [7, 11) is -0.989.